The lowest BCUT2D eigenvalue weighted by Crippen LogP contribution is -2.18. The summed E-state index contributed by atoms with van der Waals surface area (Å²) in [6.07, 6.45) is 0. The Morgan fingerprint density at radius 3 is 2.40 bits per heavy atom. The smallest absolute Gasteiger partial charge is 0.257 e. The zero-order valence-corrected chi connectivity index (χ0v) is 15.5. The van der Waals surface area contributed by atoms with Crippen molar-refractivity contribution in [2.75, 3.05) is 5.32 Å². The minimum Gasteiger partial charge on any atom is -0.356 e. The van der Waals surface area contributed by atoms with Gasteiger partial charge in [0, 0.05) is 17.2 Å². The van der Waals surface area contributed by atoms with Crippen molar-refractivity contribution in [3.05, 3.63) is 58.6 Å². The van der Waals surface area contributed by atoms with Gasteiger partial charge >= 0.3 is 0 Å². The van der Waals surface area contributed by atoms with E-state index in [0.29, 0.717) is 38.3 Å². The number of alkyl halides is 2. The lowest BCUT2D eigenvalue weighted by molar-refractivity contribution is -0.114. The molecule has 0 aliphatic heterocycles. The molecule has 128 valence electrons. The maximum absolute atomic E-state index is 11.8. The summed E-state index contributed by atoms with van der Waals surface area (Å²) in [5.41, 5.74) is 2.17. The number of anilines is 1. The molecule has 0 aliphatic carbocycles. The number of hydrogen-bond acceptors (Lipinski definition) is 3. The standard InChI is InChI=1S/C17H10Cl4N2O2/c18-10-5-3-6-11(19)15(10)13-8-14(25-23-13)9-4-1-2-7-12(9)22-17(24)16(20)21/h1-8,16H,(H,22,24). The molecular formula is C17H10Cl4N2O2. The van der Waals surface area contributed by atoms with Gasteiger partial charge in [-0.05, 0) is 24.3 Å². The second-order valence-corrected chi connectivity index (χ2v) is 6.92. The van der Waals surface area contributed by atoms with Crippen LogP contribution in [-0.4, -0.2) is 15.9 Å². The predicted octanol–water partition coefficient (Wildman–Crippen LogP) is 6.06. The van der Waals surface area contributed by atoms with Crippen LogP contribution in [0.2, 0.25) is 10.0 Å². The van der Waals surface area contributed by atoms with Crippen LogP contribution in [0.5, 0.6) is 0 Å². The molecule has 0 fully saturated rings. The fourth-order valence-electron chi connectivity index (χ4n) is 2.26. The lowest BCUT2D eigenvalue weighted by atomic mass is 10.1. The van der Waals surface area contributed by atoms with E-state index in [-0.39, 0.29) is 0 Å². The van der Waals surface area contributed by atoms with Gasteiger partial charge in [-0.25, -0.2) is 0 Å². The second-order valence-electron chi connectivity index (χ2n) is 5.01. The number of nitrogens with one attached hydrogen (secondary N) is 1. The maximum atomic E-state index is 11.8. The number of nitrogens with zero attached hydrogens (tertiary/aromatic N) is 1. The molecule has 0 atom stereocenters. The number of hydrogen-bond donors (Lipinski definition) is 1. The molecule has 3 rings (SSSR count). The molecule has 3 aromatic rings. The van der Waals surface area contributed by atoms with Crippen molar-refractivity contribution in [2.24, 2.45) is 0 Å². The summed E-state index contributed by atoms with van der Waals surface area (Å²) in [6.45, 7) is 0. The number of benzene rings is 2. The minimum absolute atomic E-state index is 0.433. The number of halogens is 4. The third-order valence-electron chi connectivity index (χ3n) is 3.38. The summed E-state index contributed by atoms with van der Waals surface area (Å²) >= 11 is 23.6. The van der Waals surface area contributed by atoms with E-state index < -0.39 is 10.7 Å². The summed E-state index contributed by atoms with van der Waals surface area (Å²) in [7, 11) is 0. The number of amides is 1. The van der Waals surface area contributed by atoms with E-state index in [1.54, 1.807) is 48.5 Å². The van der Waals surface area contributed by atoms with Crippen LogP contribution in [0.3, 0.4) is 0 Å². The molecule has 8 heteroatoms. The van der Waals surface area contributed by atoms with Gasteiger partial charge in [0.1, 0.15) is 5.69 Å². The highest BCUT2D eigenvalue weighted by molar-refractivity contribution is 6.54. The van der Waals surface area contributed by atoms with Crippen LogP contribution in [0, 0.1) is 0 Å². The first kappa shape index (κ1) is 18.1. The first-order chi connectivity index (χ1) is 12.0. The van der Waals surface area contributed by atoms with Crippen molar-refractivity contribution in [1.29, 1.82) is 0 Å². The Morgan fingerprint density at radius 1 is 1.04 bits per heavy atom. The molecule has 0 bridgehead atoms. The Morgan fingerprint density at radius 2 is 1.72 bits per heavy atom. The third-order valence-corrected chi connectivity index (χ3v) is 4.40. The zero-order chi connectivity index (χ0) is 18.0. The van der Waals surface area contributed by atoms with Crippen molar-refractivity contribution in [3.8, 4) is 22.6 Å². The molecular weight excluding hydrogens is 406 g/mol. The summed E-state index contributed by atoms with van der Waals surface area (Å²) < 4.78 is 5.41. The summed E-state index contributed by atoms with van der Waals surface area (Å²) in [4.78, 5) is 10.6. The Kier molecular flexibility index (Phi) is 5.54. The average molecular weight is 416 g/mol. The van der Waals surface area contributed by atoms with Gasteiger partial charge in [0.15, 0.2) is 10.6 Å². The van der Waals surface area contributed by atoms with E-state index in [0.717, 1.165) is 0 Å². The van der Waals surface area contributed by atoms with Gasteiger partial charge in [-0.2, -0.15) is 0 Å². The maximum Gasteiger partial charge on any atom is 0.257 e. The fraction of sp³-hybridized carbons (Fsp3) is 0.0588. The van der Waals surface area contributed by atoms with Gasteiger partial charge < -0.3 is 9.84 Å². The van der Waals surface area contributed by atoms with E-state index in [1.807, 2.05) is 0 Å². The quantitative estimate of drug-likeness (QED) is 0.527. The normalized spacial score (nSPS) is 10.9. The molecule has 0 saturated carbocycles. The first-order valence-electron chi connectivity index (χ1n) is 7.07. The molecule has 1 amide bonds. The Balaban J connectivity index is 2.00. The van der Waals surface area contributed by atoms with Crippen molar-refractivity contribution in [3.63, 3.8) is 0 Å². The molecule has 1 N–H and O–H groups in total. The van der Waals surface area contributed by atoms with Crippen LogP contribution in [0.15, 0.2) is 53.1 Å². The van der Waals surface area contributed by atoms with Crippen LogP contribution in [0.1, 0.15) is 0 Å². The molecule has 0 aliphatic rings. The minimum atomic E-state index is -1.18. The largest absolute Gasteiger partial charge is 0.356 e. The van der Waals surface area contributed by atoms with E-state index in [1.165, 1.54) is 0 Å². The Labute approximate surface area is 163 Å². The predicted molar refractivity (Wildman–Crippen MR) is 102 cm³/mol. The van der Waals surface area contributed by atoms with Gasteiger partial charge in [-0.1, -0.05) is 69.8 Å². The van der Waals surface area contributed by atoms with Crippen LogP contribution in [-0.2, 0) is 4.79 Å². The molecule has 4 nitrogen and oxygen atoms in total. The van der Waals surface area contributed by atoms with Crippen molar-refractivity contribution in [1.82, 2.24) is 5.16 Å². The van der Waals surface area contributed by atoms with Gasteiger partial charge in [0.25, 0.3) is 5.91 Å². The van der Waals surface area contributed by atoms with Gasteiger partial charge in [-0.3, -0.25) is 4.79 Å². The van der Waals surface area contributed by atoms with E-state index in [9.17, 15) is 4.79 Å². The molecule has 1 aromatic heterocycles. The van der Waals surface area contributed by atoms with Crippen LogP contribution in [0.25, 0.3) is 22.6 Å². The number of aromatic nitrogens is 1. The van der Waals surface area contributed by atoms with Gasteiger partial charge in [0.2, 0.25) is 0 Å². The average Bonchev–Trinajstić information content (AvgIpc) is 3.04. The highest BCUT2D eigenvalue weighted by atomic mass is 35.5. The highest BCUT2D eigenvalue weighted by Crippen LogP contribution is 2.37. The summed E-state index contributed by atoms with van der Waals surface area (Å²) in [6, 6.07) is 13.9. The molecule has 2 aromatic carbocycles. The second kappa shape index (κ2) is 7.67. The number of rotatable bonds is 4. The van der Waals surface area contributed by atoms with Crippen LogP contribution in [0.4, 0.5) is 5.69 Å². The van der Waals surface area contributed by atoms with Gasteiger partial charge in [0.05, 0.1) is 15.7 Å². The van der Waals surface area contributed by atoms with Crippen molar-refractivity contribution < 1.29 is 9.32 Å². The summed E-state index contributed by atoms with van der Waals surface area (Å²) in [5.74, 6) is -0.104. The highest BCUT2D eigenvalue weighted by Gasteiger charge is 2.18. The fourth-order valence-corrected chi connectivity index (χ4v) is 2.96. The van der Waals surface area contributed by atoms with E-state index in [2.05, 4.69) is 10.5 Å². The van der Waals surface area contributed by atoms with Crippen molar-refractivity contribution in [2.45, 2.75) is 4.84 Å². The molecule has 0 saturated heterocycles. The lowest BCUT2D eigenvalue weighted by Gasteiger charge is -2.09. The van der Waals surface area contributed by atoms with Crippen LogP contribution >= 0.6 is 46.4 Å². The molecule has 0 spiro atoms. The van der Waals surface area contributed by atoms with Gasteiger partial charge in [-0.15, -0.1) is 0 Å². The third kappa shape index (κ3) is 3.93. The molecule has 0 radical (unpaired) electrons. The van der Waals surface area contributed by atoms with Crippen molar-refractivity contribution >= 4 is 58.0 Å². The first-order valence-corrected chi connectivity index (χ1v) is 8.70. The van der Waals surface area contributed by atoms with E-state index in [4.69, 9.17) is 50.9 Å². The SMILES string of the molecule is O=C(Nc1ccccc1-c1cc(-c2c(Cl)cccc2Cl)no1)C(Cl)Cl. The Bertz CT molecular complexity index is 904. The topological polar surface area (TPSA) is 55.1 Å². The van der Waals surface area contributed by atoms with E-state index >= 15 is 0 Å². The number of carbonyl (C=O) groups is 1. The molecule has 25 heavy (non-hydrogen) atoms. The monoisotopic (exact) mass is 414 g/mol. The number of para-hydroxylation sites is 1. The Hall–Kier alpha value is -1.72. The number of carbonyl (C=O) groups excluding carboxylic acids is 1. The zero-order valence-electron chi connectivity index (χ0n) is 12.5. The molecule has 0 unspecified atom stereocenters. The van der Waals surface area contributed by atoms with Crippen LogP contribution < -0.4 is 5.32 Å². The molecule has 1 heterocycles. The summed E-state index contributed by atoms with van der Waals surface area (Å²) in [5, 5.41) is 7.59.